The number of fused-ring (bicyclic) bond motifs is 2. The molecule has 5 rings (SSSR count). The highest BCUT2D eigenvalue weighted by Gasteiger charge is 2.34. The molecule has 0 spiro atoms. The Morgan fingerprint density at radius 1 is 1.15 bits per heavy atom. The van der Waals surface area contributed by atoms with Gasteiger partial charge in [-0.25, -0.2) is 0 Å². The zero-order valence-electron chi connectivity index (χ0n) is 14.3. The number of rotatable bonds is 2. The van der Waals surface area contributed by atoms with Crippen molar-refractivity contribution in [2.45, 2.75) is 12.5 Å². The number of carbonyl (C=O) groups is 1. The van der Waals surface area contributed by atoms with Crippen molar-refractivity contribution < 1.29 is 14.3 Å². The second-order valence-electron chi connectivity index (χ2n) is 6.45. The summed E-state index contributed by atoms with van der Waals surface area (Å²) in [5.41, 5.74) is 1.76. The molecule has 4 nitrogen and oxygen atoms in total. The number of amides is 1. The van der Waals surface area contributed by atoms with Crippen molar-refractivity contribution in [2.75, 3.05) is 19.8 Å². The molecule has 2 aliphatic rings. The summed E-state index contributed by atoms with van der Waals surface area (Å²) in [6, 6.07) is 9.65. The van der Waals surface area contributed by atoms with Gasteiger partial charge in [-0.05, 0) is 47.0 Å². The predicted octanol–water partition coefficient (Wildman–Crippen LogP) is 5.02. The summed E-state index contributed by atoms with van der Waals surface area (Å²) in [6.07, 6.45) is 0.874. The molecular weight excluding hydrogens is 402 g/mol. The average Bonchev–Trinajstić information content (AvgIpc) is 3.38. The highest BCUT2D eigenvalue weighted by Crippen LogP contribution is 2.42. The summed E-state index contributed by atoms with van der Waals surface area (Å²) in [6.45, 7) is 1.61. The molecule has 27 heavy (non-hydrogen) atoms. The normalized spacial score (nSPS) is 18.3. The van der Waals surface area contributed by atoms with Crippen molar-refractivity contribution in [3.8, 4) is 11.5 Å². The summed E-state index contributed by atoms with van der Waals surface area (Å²) >= 11 is 9.80. The van der Waals surface area contributed by atoms with Crippen LogP contribution in [0.5, 0.6) is 11.5 Å². The number of halogens is 1. The summed E-state index contributed by atoms with van der Waals surface area (Å²) in [5.74, 6) is 1.02. The van der Waals surface area contributed by atoms with Gasteiger partial charge in [0.1, 0.15) is 13.2 Å². The van der Waals surface area contributed by atoms with Crippen LogP contribution in [0.4, 0.5) is 0 Å². The maximum absolute atomic E-state index is 13.5. The Labute approximate surface area is 169 Å². The number of benzene rings is 1. The van der Waals surface area contributed by atoms with Crippen LogP contribution in [-0.4, -0.2) is 30.6 Å². The fraction of sp³-hybridized carbons (Fsp3) is 0.250. The SMILES string of the molecule is O=C(c1cc(Cl)c2c(c1)OCCO2)N1CCc2sccc2[C@H]1c1cccs1. The molecule has 3 aromatic rings. The molecule has 0 N–H and O–H groups in total. The third-order valence-electron chi connectivity index (χ3n) is 4.88. The van der Waals surface area contributed by atoms with Gasteiger partial charge >= 0.3 is 0 Å². The molecule has 4 heterocycles. The van der Waals surface area contributed by atoms with Crippen LogP contribution in [-0.2, 0) is 6.42 Å². The minimum Gasteiger partial charge on any atom is -0.486 e. The highest BCUT2D eigenvalue weighted by atomic mass is 35.5. The summed E-state index contributed by atoms with van der Waals surface area (Å²) in [7, 11) is 0. The average molecular weight is 418 g/mol. The van der Waals surface area contributed by atoms with Crippen molar-refractivity contribution in [2.24, 2.45) is 0 Å². The molecule has 2 aliphatic heterocycles. The van der Waals surface area contributed by atoms with Gasteiger partial charge in [0.2, 0.25) is 0 Å². The van der Waals surface area contributed by atoms with Crippen molar-refractivity contribution in [3.05, 3.63) is 67.0 Å². The second kappa shape index (κ2) is 6.86. The molecule has 0 saturated carbocycles. The lowest BCUT2D eigenvalue weighted by molar-refractivity contribution is 0.0697. The Morgan fingerprint density at radius 3 is 2.89 bits per heavy atom. The number of hydrogen-bond donors (Lipinski definition) is 0. The number of hydrogen-bond acceptors (Lipinski definition) is 5. The first-order valence-corrected chi connectivity index (χ1v) is 10.9. The van der Waals surface area contributed by atoms with E-state index in [2.05, 4.69) is 22.9 Å². The van der Waals surface area contributed by atoms with E-state index in [1.165, 1.54) is 15.3 Å². The van der Waals surface area contributed by atoms with E-state index in [-0.39, 0.29) is 11.9 Å². The lowest BCUT2D eigenvalue weighted by Crippen LogP contribution is -2.39. The summed E-state index contributed by atoms with van der Waals surface area (Å²) in [5, 5.41) is 4.58. The van der Waals surface area contributed by atoms with Crippen LogP contribution in [0.25, 0.3) is 0 Å². The minimum atomic E-state index is -0.0560. The zero-order chi connectivity index (χ0) is 18.4. The van der Waals surface area contributed by atoms with Crippen LogP contribution >= 0.6 is 34.3 Å². The van der Waals surface area contributed by atoms with E-state index in [0.29, 0.717) is 41.8 Å². The van der Waals surface area contributed by atoms with Gasteiger partial charge in [-0.15, -0.1) is 22.7 Å². The molecular formula is C20H16ClNO3S2. The molecule has 0 radical (unpaired) electrons. The zero-order valence-corrected chi connectivity index (χ0v) is 16.7. The fourth-order valence-corrected chi connectivity index (χ4v) is 5.71. The molecule has 2 aromatic heterocycles. The van der Waals surface area contributed by atoms with E-state index in [1.54, 1.807) is 34.8 Å². The molecule has 138 valence electrons. The van der Waals surface area contributed by atoms with Gasteiger partial charge in [-0.2, -0.15) is 0 Å². The maximum atomic E-state index is 13.5. The van der Waals surface area contributed by atoms with Gasteiger partial charge in [0.05, 0.1) is 11.1 Å². The standard InChI is InChI=1S/C20H16ClNO3S2/c21-14-10-12(11-15-19(14)25-7-6-24-15)20(23)22-5-3-16-13(4-9-27-16)18(22)17-2-1-8-26-17/h1-2,4,8-11,18H,3,5-7H2/t18-/m0/s1. The molecule has 0 fully saturated rings. The summed E-state index contributed by atoms with van der Waals surface area (Å²) < 4.78 is 11.2. The van der Waals surface area contributed by atoms with Crippen LogP contribution in [0.3, 0.4) is 0 Å². The Kier molecular flexibility index (Phi) is 4.34. The first-order valence-electron chi connectivity index (χ1n) is 8.72. The number of thiophene rings is 2. The first kappa shape index (κ1) is 17.1. The molecule has 1 amide bonds. The third kappa shape index (κ3) is 2.92. The van der Waals surface area contributed by atoms with E-state index in [0.717, 1.165) is 6.42 Å². The van der Waals surface area contributed by atoms with Gasteiger partial charge in [-0.3, -0.25) is 4.79 Å². The van der Waals surface area contributed by atoms with Crippen LogP contribution in [0.1, 0.15) is 31.7 Å². The monoisotopic (exact) mass is 417 g/mol. The Balaban J connectivity index is 1.55. The maximum Gasteiger partial charge on any atom is 0.254 e. The topological polar surface area (TPSA) is 38.8 Å². The smallest absolute Gasteiger partial charge is 0.254 e. The lowest BCUT2D eigenvalue weighted by atomic mass is 9.97. The molecule has 0 unspecified atom stereocenters. The summed E-state index contributed by atoms with van der Waals surface area (Å²) in [4.78, 5) is 17.9. The van der Waals surface area contributed by atoms with Crippen molar-refractivity contribution in [1.29, 1.82) is 0 Å². The Hall–Kier alpha value is -2.02. The molecule has 0 bridgehead atoms. The lowest BCUT2D eigenvalue weighted by Gasteiger charge is -2.35. The van der Waals surface area contributed by atoms with Crippen molar-refractivity contribution in [1.82, 2.24) is 4.90 Å². The van der Waals surface area contributed by atoms with Gasteiger partial charge < -0.3 is 14.4 Å². The van der Waals surface area contributed by atoms with Gasteiger partial charge in [0.25, 0.3) is 5.91 Å². The fourth-order valence-electron chi connectivity index (χ4n) is 3.69. The third-order valence-corrected chi connectivity index (χ3v) is 7.09. The predicted molar refractivity (Wildman–Crippen MR) is 108 cm³/mol. The van der Waals surface area contributed by atoms with Crippen LogP contribution in [0.2, 0.25) is 5.02 Å². The molecule has 0 aliphatic carbocycles. The van der Waals surface area contributed by atoms with E-state index >= 15 is 0 Å². The largest absolute Gasteiger partial charge is 0.486 e. The first-order chi connectivity index (χ1) is 13.2. The number of ether oxygens (including phenoxy) is 2. The van der Waals surface area contributed by atoms with Gasteiger partial charge in [-0.1, -0.05) is 17.7 Å². The quantitative estimate of drug-likeness (QED) is 0.587. The number of nitrogens with zero attached hydrogens (tertiary/aromatic N) is 1. The van der Waals surface area contributed by atoms with E-state index in [4.69, 9.17) is 21.1 Å². The van der Waals surface area contributed by atoms with Gasteiger partial charge in [0.15, 0.2) is 11.5 Å². The van der Waals surface area contributed by atoms with E-state index in [9.17, 15) is 4.79 Å². The van der Waals surface area contributed by atoms with Crippen LogP contribution in [0.15, 0.2) is 41.1 Å². The van der Waals surface area contributed by atoms with E-state index < -0.39 is 0 Å². The molecule has 1 aromatic carbocycles. The van der Waals surface area contributed by atoms with Crippen LogP contribution in [0, 0.1) is 0 Å². The Morgan fingerprint density at radius 2 is 2.04 bits per heavy atom. The Bertz CT molecular complexity index is 999. The van der Waals surface area contributed by atoms with Crippen LogP contribution < -0.4 is 9.47 Å². The van der Waals surface area contributed by atoms with Crippen molar-refractivity contribution in [3.63, 3.8) is 0 Å². The second-order valence-corrected chi connectivity index (χ2v) is 8.84. The van der Waals surface area contributed by atoms with Gasteiger partial charge in [0, 0.05) is 21.9 Å². The number of carbonyl (C=O) groups excluding carboxylic acids is 1. The molecule has 0 saturated heterocycles. The molecule has 1 atom stereocenters. The molecule has 7 heteroatoms. The van der Waals surface area contributed by atoms with Crippen molar-refractivity contribution >= 4 is 40.2 Å². The van der Waals surface area contributed by atoms with E-state index in [1.807, 2.05) is 11.0 Å². The minimum absolute atomic E-state index is 0.0378. The highest BCUT2D eigenvalue weighted by molar-refractivity contribution is 7.10.